The monoisotopic (exact) mass is 521 g/mol. The average Bonchev–Trinajstić information content (AvgIpc) is 3.65. The molecule has 3 aromatic rings. The third-order valence-corrected chi connectivity index (χ3v) is 7.41. The van der Waals surface area contributed by atoms with Crippen molar-refractivity contribution in [2.24, 2.45) is 5.41 Å². The Morgan fingerprint density at radius 3 is 2.43 bits per heavy atom. The Labute approximate surface area is 219 Å². The number of aromatic nitrogens is 2. The molecule has 5 rings (SSSR count). The minimum Gasteiger partial charge on any atom is -0.396 e. The number of hydrogen-bond donors (Lipinski definition) is 2. The number of aryl methyl sites for hydroxylation is 1. The second-order valence-corrected chi connectivity index (χ2v) is 10.3. The number of rotatable bonds is 9. The SMILES string of the molecule is Cc1cnc(CN2C(=O)c3cccc(-c4ccc(Cl)cc4)c3[C@@]2(OCC2(CO)CC2)C(=O)C(C)O)cn1. The maximum absolute atomic E-state index is 14.0. The Kier molecular flexibility index (Phi) is 6.62. The van der Waals surface area contributed by atoms with Gasteiger partial charge in [-0.25, -0.2) is 0 Å². The summed E-state index contributed by atoms with van der Waals surface area (Å²) in [6, 6.07) is 12.3. The number of aliphatic hydroxyl groups is 2. The van der Waals surface area contributed by atoms with E-state index in [4.69, 9.17) is 16.3 Å². The number of nitrogens with zero attached hydrogens (tertiary/aromatic N) is 3. The molecule has 1 fully saturated rings. The molecule has 0 saturated heterocycles. The summed E-state index contributed by atoms with van der Waals surface area (Å²) in [5.74, 6) is -1.09. The van der Waals surface area contributed by atoms with Crippen molar-refractivity contribution < 1.29 is 24.5 Å². The molecule has 2 aliphatic rings. The summed E-state index contributed by atoms with van der Waals surface area (Å²) in [4.78, 5) is 38.0. The molecule has 2 N–H and O–H groups in total. The van der Waals surface area contributed by atoms with Crippen molar-refractivity contribution in [3.63, 3.8) is 0 Å². The third-order valence-electron chi connectivity index (χ3n) is 7.16. The van der Waals surface area contributed by atoms with Gasteiger partial charge in [0.2, 0.25) is 11.5 Å². The molecule has 1 aromatic heterocycles. The first-order valence-electron chi connectivity index (χ1n) is 12.2. The Balaban J connectivity index is 1.73. The van der Waals surface area contributed by atoms with E-state index in [1.165, 1.54) is 11.8 Å². The maximum Gasteiger partial charge on any atom is 0.257 e. The number of carbonyl (C=O) groups is 2. The molecule has 1 saturated carbocycles. The van der Waals surface area contributed by atoms with E-state index in [0.717, 1.165) is 18.4 Å². The Bertz CT molecular complexity index is 1340. The molecule has 37 heavy (non-hydrogen) atoms. The number of ether oxygens (including phenoxy) is 1. The Morgan fingerprint density at radius 2 is 1.84 bits per heavy atom. The van der Waals surface area contributed by atoms with Gasteiger partial charge in [0.25, 0.3) is 5.91 Å². The van der Waals surface area contributed by atoms with Crippen LogP contribution >= 0.6 is 11.6 Å². The van der Waals surface area contributed by atoms with Crippen molar-refractivity contribution >= 4 is 23.3 Å². The second kappa shape index (κ2) is 9.61. The van der Waals surface area contributed by atoms with E-state index < -0.39 is 28.9 Å². The Morgan fingerprint density at radius 1 is 1.14 bits per heavy atom. The summed E-state index contributed by atoms with van der Waals surface area (Å²) in [6.07, 6.45) is 3.19. The van der Waals surface area contributed by atoms with Gasteiger partial charge >= 0.3 is 0 Å². The van der Waals surface area contributed by atoms with Gasteiger partial charge in [-0.05, 0) is 56.0 Å². The molecule has 192 valence electrons. The molecule has 2 atom stereocenters. The fraction of sp³-hybridized carbons (Fsp3) is 0.357. The summed E-state index contributed by atoms with van der Waals surface area (Å²) in [5, 5.41) is 21.1. The van der Waals surface area contributed by atoms with Crippen molar-refractivity contribution in [3.05, 3.63) is 82.4 Å². The van der Waals surface area contributed by atoms with Crippen molar-refractivity contribution in [2.45, 2.75) is 45.1 Å². The molecule has 1 aliphatic carbocycles. The van der Waals surface area contributed by atoms with Gasteiger partial charge in [-0.1, -0.05) is 35.9 Å². The summed E-state index contributed by atoms with van der Waals surface area (Å²) in [5.41, 5.74) is 0.776. The first-order chi connectivity index (χ1) is 17.7. The molecular weight excluding hydrogens is 494 g/mol. The van der Waals surface area contributed by atoms with Crippen molar-refractivity contribution in [1.29, 1.82) is 0 Å². The number of Topliss-reactive ketones (excluding diaryl/α,β-unsaturated/α-hetero) is 1. The highest BCUT2D eigenvalue weighted by atomic mass is 35.5. The van der Waals surface area contributed by atoms with Crippen molar-refractivity contribution in [3.8, 4) is 11.1 Å². The minimum atomic E-state index is -1.94. The van der Waals surface area contributed by atoms with Gasteiger partial charge in [-0.3, -0.25) is 24.5 Å². The van der Waals surface area contributed by atoms with Gasteiger partial charge in [0.1, 0.15) is 6.10 Å². The minimum absolute atomic E-state index is 0.0414. The van der Waals surface area contributed by atoms with Gasteiger partial charge in [0.15, 0.2) is 0 Å². The number of halogens is 1. The van der Waals surface area contributed by atoms with Gasteiger partial charge < -0.3 is 14.9 Å². The molecule has 0 radical (unpaired) electrons. The van der Waals surface area contributed by atoms with Crippen molar-refractivity contribution in [1.82, 2.24) is 14.9 Å². The first-order valence-corrected chi connectivity index (χ1v) is 12.5. The predicted octanol–water partition coefficient (Wildman–Crippen LogP) is 3.65. The smallest absolute Gasteiger partial charge is 0.257 e. The van der Waals surface area contributed by atoms with E-state index in [-0.39, 0.29) is 19.8 Å². The van der Waals surface area contributed by atoms with E-state index in [9.17, 15) is 19.8 Å². The number of hydrogen-bond acceptors (Lipinski definition) is 7. The van der Waals surface area contributed by atoms with Crippen LogP contribution in [0.15, 0.2) is 54.9 Å². The highest BCUT2D eigenvalue weighted by Crippen LogP contribution is 2.51. The molecule has 2 aromatic carbocycles. The van der Waals surface area contributed by atoms with Crippen LogP contribution < -0.4 is 0 Å². The summed E-state index contributed by atoms with van der Waals surface area (Å²) in [7, 11) is 0. The molecule has 1 aliphatic heterocycles. The summed E-state index contributed by atoms with van der Waals surface area (Å²) < 4.78 is 6.48. The highest BCUT2D eigenvalue weighted by Gasteiger charge is 2.60. The van der Waals surface area contributed by atoms with Crippen LogP contribution in [0.25, 0.3) is 11.1 Å². The largest absolute Gasteiger partial charge is 0.396 e. The standard InChI is InChI=1S/C28H28ClN3O5/c1-17-12-31-21(13-30-17)14-32-26(36)23-5-3-4-22(19-6-8-20(29)9-7-19)24(23)28(32,25(35)18(2)34)37-16-27(15-33)10-11-27/h3-9,12-13,18,33-34H,10-11,14-16H2,1-2H3/t18?,28-/m1/s1. The molecule has 0 bridgehead atoms. The van der Waals surface area contributed by atoms with Crippen LogP contribution in [-0.4, -0.2) is 56.1 Å². The first kappa shape index (κ1) is 25.5. The van der Waals surface area contributed by atoms with Crippen LogP contribution in [-0.2, 0) is 21.8 Å². The quantitative estimate of drug-likeness (QED) is 0.442. The third kappa shape index (κ3) is 4.44. The summed E-state index contributed by atoms with van der Waals surface area (Å²) >= 11 is 6.12. The zero-order chi connectivity index (χ0) is 26.4. The van der Waals surface area contributed by atoms with Gasteiger partial charge in [-0.2, -0.15) is 0 Å². The van der Waals surface area contributed by atoms with E-state index in [1.54, 1.807) is 43.6 Å². The lowest BCUT2D eigenvalue weighted by molar-refractivity contribution is -0.185. The molecular formula is C28H28ClN3O5. The topological polar surface area (TPSA) is 113 Å². The van der Waals surface area contributed by atoms with Crippen LogP contribution in [0.3, 0.4) is 0 Å². The van der Waals surface area contributed by atoms with Gasteiger partial charge in [-0.15, -0.1) is 0 Å². The Hall–Kier alpha value is -3.17. The summed E-state index contributed by atoms with van der Waals surface area (Å²) in [6.45, 7) is 3.05. The molecule has 8 nitrogen and oxygen atoms in total. The maximum atomic E-state index is 14.0. The van der Waals surface area contributed by atoms with Gasteiger partial charge in [0.05, 0.1) is 37.3 Å². The number of benzene rings is 2. The average molecular weight is 522 g/mol. The number of carbonyl (C=O) groups excluding carboxylic acids is 2. The lowest BCUT2D eigenvalue weighted by Gasteiger charge is -2.39. The number of amides is 1. The van der Waals surface area contributed by atoms with Crippen LogP contribution in [0.1, 0.15) is 47.1 Å². The molecule has 1 amide bonds. The zero-order valence-corrected chi connectivity index (χ0v) is 21.4. The number of fused-ring (bicyclic) bond motifs is 1. The lowest BCUT2D eigenvalue weighted by atomic mass is 9.87. The fourth-order valence-corrected chi connectivity index (χ4v) is 4.90. The zero-order valence-electron chi connectivity index (χ0n) is 20.6. The predicted molar refractivity (Wildman–Crippen MR) is 137 cm³/mol. The lowest BCUT2D eigenvalue weighted by Crippen LogP contribution is -2.55. The van der Waals surface area contributed by atoms with E-state index >= 15 is 0 Å². The fourth-order valence-electron chi connectivity index (χ4n) is 4.78. The van der Waals surface area contributed by atoms with Crippen LogP contribution in [0.2, 0.25) is 5.02 Å². The second-order valence-electron chi connectivity index (χ2n) is 9.91. The highest BCUT2D eigenvalue weighted by molar-refractivity contribution is 6.30. The number of ketones is 1. The van der Waals surface area contributed by atoms with E-state index in [0.29, 0.717) is 33.1 Å². The van der Waals surface area contributed by atoms with E-state index in [1.807, 2.05) is 18.2 Å². The molecule has 2 heterocycles. The molecule has 0 spiro atoms. The van der Waals surface area contributed by atoms with Crippen molar-refractivity contribution in [2.75, 3.05) is 13.2 Å². The number of aliphatic hydroxyl groups excluding tert-OH is 2. The normalized spacial score (nSPS) is 20.6. The van der Waals surface area contributed by atoms with E-state index in [2.05, 4.69) is 9.97 Å². The van der Waals surface area contributed by atoms with Crippen LogP contribution in [0.5, 0.6) is 0 Å². The molecule has 1 unspecified atom stereocenters. The van der Waals surface area contributed by atoms with Crippen LogP contribution in [0.4, 0.5) is 0 Å². The molecule has 9 heteroatoms. The van der Waals surface area contributed by atoms with Crippen LogP contribution in [0, 0.1) is 12.3 Å². The van der Waals surface area contributed by atoms with Gasteiger partial charge in [0, 0.05) is 27.8 Å².